The largest absolute Gasteiger partial charge is 0.434 e. The van der Waals surface area contributed by atoms with Crippen molar-refractivity contribution < 1.29 is 22.7 Å². The van der Waals surface area contributed by atoms with E-state index in [1.807, 2.05) is 0 Å². The Balaban J connectivity index is 1.60. The van der Waals surface area contributed by atoms with Gasteiger partial charge in [0.05, 0.1) is 18.4 Å². The highest BCUT2D eigenvalue weighted by molar-refractivity contribution is 5.88. The molecule has 10 heteroatoms. The van der Waals surface area contributed by atoms with E-state index in [1.165, 1.54) is 24.3 Å². The van der Waals surface area contributed by atoms with Crippen LogP contribution in [-0.2, 0) is 0 Å². The molecule has 2 aromatic rings. The van der Waals surface area contributed by atoms with Crippen molar-refractivity contribution >= 4 is 11.8 Å². The zero-order valence-corrected chi connectivity index (χ0v) is 14.5. The van der Waals surface area contributed by atoms with Crippen molar-refractivity contribution in [1.29, 1.82) is 0 Å². The van der Waals surface area contributed by atoms with Crippen LogP contribution >= 0.6 is 0 Å². The number of amides is 2. The van der Waals surface area contributed by atoms with E-state index < -0.39 is 29.9 Å². The fourth-order valence-electron chi connectivity index (χ4n) is 2.64. The van der Waals surface area contributed by atoms with E-state index in [9.17, 15) is 18.0 Å². The Kier molecular flexibility index (Phi) is 5.75. The summed E-state index contributed by atoms with van der Waals surface area (Å²) in [4.78, 5) is 21.4. The van der Waals surface area contributed by atoms with Gasteiger partial charge in [-0.25, -0.2) is 27.9 Å². The number of alkyl halides is 1. The van der Waals surface area contributed by atoms with Crippen molar-refractivity contribution in [2.45, 2.75) is 18.6 Å². The molecule has 2 heterocycles. The van der Waals surface area contributed by atoms with Crippen LogP contribution in [0.1, 0.15) is 6.42 Å². The highest BCUT2D eigenvalue weighted by atomic mass is 19.1. The number of nitrogens with zero attached hydrogens (tertiary/aromatic N) is 3. The summed E-state index contributed by atoms with van der Waals surface area (Å²) in [5, 5.41) is 5.55. The monoisotopic (exact) mass is 381 g/mol. The van der Waals surface area contributed by atoms with Crippen molar-refractivity contribution in [3.8, 4) is 11.6 Å². The molecule has 144 valence electrons. The molecule has 7 nitrogen and oxygen atoms in total. The molecule has 0 spiro atoms. The second kappa shape index (κ2) is 8.21. The number of halogens is 3. The van der Waals surface area contributed by atoms with Crippen LogP contribution in [0.15, 0.2) is 30.6 Å². The lowest BCUT2D eigenvalue weighted by Gasteiger charge is -2.34. The fraction of sp³-hybridized carbons (Fsp3) is 0.353. The minimum absolute atomic E-state index is 0.0350. The topological polar surface area (TPSA) is 79.4 Å². The number of anilines is 1. The summed E-state index contributed by atoms with van der Waals surface area (Å²) in [7, 11) is 1.50. The van der Waals surface area contributed by atoms with Gasteiger partial charge in [0, 0.05) is 19.7 Å². The van der Waals surface area contributed by atoms with Gasteiger partial charge in [-0.15, -0.1) is 0 Å². The summed E-state index contributed by atoms with van der Waals surface area (Å²) in [6.45, 7) is 0.946. The molecule has 1 saturated heterocycles. The number of hydrogen-bond acceptors (Lipinski definition) is 5. The van der Waals surface area contributed by atoms with Gasteiger partial charge < -0.3 is 15.0 Å². The molecule has 1 fully saturated rings. The quantitative estimate of drug-likeness (QED) is 0.851. The van der Waals surface area contributed by atoms with E-state index in [-0.39, 0.29) is 17.4 Å². The van der Waals surface area contributed by atoms with Crippen LogP contribution in [0.5, 0.6) is 11.6 Å². The van der Waals surface area contributed by atoms with Gasteiger partial charge in [0.1, 0.15) is 12.0 Å². The number of benzene rings is 1. The Morgan fingerprint density at radius 1 is 1.33 bits per heavy atom. The number of ether oxygens (including phenoxy) is 1. The molecule has 2 N–H and O–H groups in total. The van der Waals surface area contributed by atoms with Gasteiger partial charge >= 0.3 is 6.03 Å². The lowest BCUT2D eigenvalue weighted by molar-refractivity contribution is 0.125. The number of hydrogen-bond donors (Lipinski definition) is 2. The van der Waals surface area contributed by atoms with E-state index in [0.29, 0.717) is 25.6 Å². The van der Waals surface area contributed by atoms with Crippen LogP contribution in [0.2, 0.25) is 0 Å². The molecular weight excluding hydrogens is 363 g/mol. The minimum Gasteiger partial charge on any atom is -0.434 e. The highest BCUT2D eigenvalue weighted by Gasteiger charge is 2.30. The van der Waals surface area contributed by atoms with Crippen LogP contribution in [0.25, 0.3) is 0 Å². The average molecular weight is 381 g/mol. The van der Waals surface area contributed by atoms with E-state index in [2.05, 4.69) is 20.6 Å². The number of piperidine rings is 1. The fourth-order valence-corrected chi connectivity index (χ4v) is 2.64. The number of urea groups is 1. The van der Waals surface area contributed by atoms with Gasteiger partial charge in [-0.1, -0.05) is 0 Å². The third kappa shape index (κ3) is 4.64. The second-order valence-corrected chi connectivity index (χ2v) is 6.03. The molecule has 1 aromatic heterocycles. The van der Waals surface area contributed by atoms with Crippen molar-refractivity contribution in [3.63, 3.8) is 0 Å². The molecular formula is C17H18F3N5O2. The van der Waals surface area contributed by atoms with Gasteiger partial charge in [0.2, 0.25) is 5.88 Å². The first-order valence-electron chi connectivity index (χ1n) is 8.27. The lowest BCUT2D eigenvalue weighted by Crippen LogP contribution is -2.53. The number of carbonyl (C=O) groups is 1. The maximum Gasteiger partial charge on any atom is 0.323 e. The second-order valence-electron chi connectivity index (χ2n) is 6.03. The van der Waals surface area contributed by atoms with E-state index in [0.717, 1.165) is 12.1 Å². The summed E-state index contributed by atoms with van der Waals surface area (Å²) in [5.41, 5.74) is 0. The maximum atomic E-state index is 14.0. The number of aromatic nitrogens is 2. The Labute approximate surface area is 153 Å². The predicted molar refractivity (Wildman–Crippen MR) is 91.4 cm³/mol. The van der Waals surface area contributed by atoms with E-state index in [4.69, 9.17) is 4.74 Å². The third-order valence-electron chi connectivity index (χ3n) is 4.16. The summed E-state index contributed by atoms with van der Waals surface area (Å²) in [6, 6.07) is 1.76. The van der Waals surface area contributed by atoms with Crippen LogP contribution in [0, 0.1) is 11.6 Å². The maximum absolute atomic E-state index is 14.0. The van der Waals surface area contributed by atoms with E-state index >= 15 is 0 Å². The first kappa shape index (κ1) is 18.9. The zero-order chi connectivity index (χ0) is 19.4. The molecule has 1 aliphatic heterocycles. The molecule has 2 amide bonds. The standard InChI is InChI=1S/C17H18F3N5O2/c1-25(13-7-21-5-4-11(13)19)17(26)24-15-8-23-16(9-22-15)27-14-3-2-10(18)6-12(14)20/h2-3,6,8-9,11,13,21H,4-5,7H2,1H3,(H,22,24,26)/t11-,13+/m1/s1. The Morgan fingerprint density at radius 2 is 2.15 bits per heavy atom. The summed E-state index contributed by atoms with van der Waals surface area (Å²) >= 11 is 0. The average Bonchev–Trinajstić information content (AvgIpc) is 2.65. The molecule has 0 unspecified atom stereocenters. The molecule has 3 rings (SSSR count). The van der Waals surface area contributed by atoms with Gasteiger partial charge in [-0.3, -0.25) is 5.32 Å². The highest BCUT2D eigenvalue weighted by Crippen LogP contribution is 2.23. The predicted octanol–water partition coefficient (Wildman–Crippen LogP) is 2.71. The normalized spacial score (nSPS) is 19.4. The smallest absolute Gasteiger partial charge is 0.323 e. The summed E-state index contributed by atoms with van der Waals surface area (Å²) in [6.07, 6.45) is 1.63. The van der Waals surface area contributed by atoms with Gasteiger partial charge in [-0.2, -0.15) is 0 Å². The van der Waals surface area contributed by atoms with Crippen molar-refractivity contribution in [1.82, 2.24) is 20.2 Å². The molecule has 2 atom stereocenters. The van der Waals surface area contributed by atoms with Gasteiger partial charge in [0.25, 0.3) is 0 Å². The molecule has 0 aliphatic carbocycles. The first-order valence-corrected chi connectivity index (χ1v) is 8.27. The first-order chi connectivity index (χ1) is 12.9. The molecule has 0 saturated carbocycles. The molecule has 1 aromatic carbocycles. The number of carbonyl (C=O) groups excluding carboxylic acids is 1. The number of nitrogens with one attached hydrogen (secondary N) is 2. The zero-order valence-electron chi connectivity index (χ0n) is 14.5. The van der Waals surface area contributed by atoms with E-state index in [1.54, 1.807) is 0 Å². The van der Waals surface area contributed by atoms with Crippen LogP contribution in [0.3, 0.4) is 0 Å². The van der Waals surface area contributed by atoms with Gasteiger partial charge in [0.15, 0.2) is 17.4 Å². The number of likely N-dealkylation sites (N-methyl/N-ethyl adjacent to an activating group) is 1. The Hall–Kier alpha value is -2.88. The SMILES string of the molecule is CN(C(=O)Nc1cnc(Oc2ccc(F)cc2F)cn1)[C@H]1CNCC[C@H]1F. The summed E-state index contributed by atoms with van der Waals surface area (Å²) < 4.78 is 45.6. The number of rotatable bonds is 4. The lowest BCUT2D eigenvalue weighted by atomic mass is 10.0. The molecule has 27 heavy (non-hydrogen) atoms. The molecule has 0 radical (unpaired) electrons. The van der Waals surface area contributed by atoms with Gasteiger partial charge in [-0.05, 0) is 25.1 Å². The van der Waals surface area contributed by atoms with Crippen molar-refractivity contribution in [2.75, 3.05) is 25.5 Å². The van der Waals surface area contributed by atoms with Crippen molar-refractivity contribution in [2.24, 2.45) is 0 Å². The molecule has 0 bridgehead atoms. The third-order valence-corrected chi connectivity index (χ3v) is 4.16. The van der Waals surface area contributed by atoms with Crippen molar-refractivity contribution in [3.05, 3.63) is 42.2 Å². The minimum atomic E-state index is -1.10. The summed E-state index contributed by atoms with van der Waals surface area (Å²) in [5.74, 6) is -1.72. The Morgan fingerprint density at radius 3 is 2.81 bits per heavy atom. The Bertz CT molecular complexity index is 806. The van der Waals surface area contributed by atoms with Crippen LogP contribution in [-0.4, -0.2) is 53.2 Å². The van der Waals surface area contributed by atoms with Crippen LogP contribution in [0.4, 0.5) is 23.8 Å². The van der Waals surface area contributed by atoms with Crippen LogP contribution < -0.4 is 15.4 Å². The molecule has 1 aliphatic rings.